The average molecular weight is 268 g/mol. The van der Waals surface area contributed by atoms with E-state index in [-0.39, 0.29) is 12.3 Å². The smallest absolute Gasteiger partial charge is 0.387 e. The van der Waals surface area contributed by atoms with E-state index in [9.17, 15) is 8.78 Å². The molecule has 0 saturated heterocycles. The summed E-state index contributed by atoms with van der Waals surface area (Å²) in [6.07, 6.45) is 0.663. The summed E-state index contributed by atoms with van der Waals surface area (Å²) in [6, 6.07) is 6.58. The summed E-state index contributed by atoms with van der Waals surface area (Å²) < 4.78 is 30.7. The van der Waals surface area contributed by atoms with Gasteiger partial charge in [0.15, 0.2) is 5.82 Å². The number of nitrogens with two attached hydrogens (primary N) is 1. The maximum Gasteiger partial charge on any atom is 0.387 e. The van der Waals surface area contributed by atoms with Crippen LogP contribution in [-0.2, 0) is 13.0 Å². The molecule has 1 aromatic carbocycles. The molecule has 19 heavy (non-hydrogen) atoms. The van der Waals surface area contributed by atoms with Crippen LogP contribution in [0.15, 0.2) is 24.3 Å². The molecule has 0 spiro atoms. The molecule has 0 aliphatic rings. The molecule has 2 aromatic rings. The highest BCUT2D eigenvalue weighted by Crippen LogP contribution is 2.22. The standard InChI is InChI=1S/C12H14F2N4O/c1-2-9-11(15)16-17-18(9)7-8-5-3-4-6-10(8)19-12(13)14/h3-6,12H,2,7,15H2,1H3. The molecule has 0 bridgehead atoms. The number of hydrogen-bond acceptors (Lipinski definition) is 4. The number of aromatic nitrogens is 3. The summed E-state index contributed by atoms with van der Waals surface area (Å²) in [6.45, 7) is -0.642. The molecule has 7 heteroatoms. The SMILES string of the molecule is CCc1c(N)nnn1Cc1ccccc1OC(F)F. The number of benzene rings is 1. The average Bonchev–Trinajstić information content (AvgIpc) is 2.71. The fraction of sp³-hybridized carbons (Fsp3) is 0.333. The normalized spacial score (nSPS) is 10.9. The number of anilines is 1. The quantitative estimate of drug-likeness (QED) is 0.901. The summed E-state index contributed by atoms with van der Waals surface area (Å²) >= 11 is 0. The van der Waals surface area contributed by atoms with Gasteiger partial charge in [-0.2, -0.15) is 8.78 Å². The van der Waals surface area contributed by atoms with Crippen molar-refractivity contribution in [1.29, 1.82) is 0 Å². The third kappa shape index (κ3) is 2.98. The molecule has 0 atom stereocenters. The minimum Gasteiger partial charge on any atom is -0.434 e. The van der Waals surface area contributed by atoms with Gasteiger partial charge in [0.25, 0.3) is 0 Å². The van der Waals surface area contributed by atoms with Crippen LogP contribution < -0.4 is 10.5 Å². The van der Waals surface area contributed by atoms with Gasteiger partial charge < -0.3 is 10.5 Å². The Bertz CT molecular complexity index is 556. The molecule has 0 saturated carbocycles. The number of alkyl halides is 2. The molecular weight excluding hydrogens is 254 g/mol. The van der Waals surface area contributed by atoms with Gasteiger partial charge in [0.05, 0.1) is 12.2 Å². The number of para-hydroxylation sites is 1. The van der Waals surface area contributed by atoms with Gasteiger partial charge in [-0.25, -0.2) is 4.68 Å². The van der Waals surface area contributed by atoms with Crippen molar-refractivity contribution in [2.24, 2.45) is 0 Å². The van der Waals surface area contributed by atoms with Gasteiger partial charge in [-0.1, -0.05) is 30.3 Å². The summed E-state index contributed by atoms with van der Waals surface area (Å²) in [5.41, 5.74) is 7.05. The molecule has 102 valence electrons. The molecule has 1 heterocycles. The van der Waals surface area contributed by atoms with Crippen LogP contribution in [0.4, 0.5) is 14.6 Å². The van der Waals surface area contributed by atoms with Crippen molar-refractivity contribution in [2.45, 2.75) is 26.5 Å². The predicted octanol–water partition coefficient (Wildman–Crippen LogP) is 2.07. The zero-order valence-electron chi connectivity index (χ0n) is 10.4. The Kier molecular flexibility index (Phi) is 3.94. The van der Waals surface area contributed by atoms with E-state index >= 15 is 0 Å². The molecule has 0 fully saturated rings. The highest BCUT2D eigenvalue weighted by atomic mass is 19.3. The number of nitrogen functional groups attached to an aromatic ring is 1. The molecule has 0 amide bonds. The van der Waals surface area contributed by atoms with Crippen molar-refractivity contribution in [3.05, 3.63) is 35.5 Å². The Morgan fingerprint density at radius 1 is 1.37 bits per heavy atom. The summed E-state index contributed by atoms with van der Waals surface area (Å²) in [5, 5.41) is 7.68. The lowest BCUT2D eigenvalue weighted by Gasteiger charge is -2.11. The molecule has 0 aliphatic heterocycles. The van der Waals surface area contributed by atoms with E-state index in [1.165, 1.54) is 6.07 Å². The number of halogens is 2. The molecule has 0 radical (unpaired) electrons. The van der Waals surface area contributed by atoms with Crippen LogP contribution in [0.5, 0.6) is 5.75 Å². The fourth-order valence-electron chi connectivity index (χ4n) is 1.84. The summed E-state index contributed by atoms with van der Waals surface area (Å²) in [4.78, 5) is 0. The Morgan fingerprint density at radius 3 is 2.79 bits per heavy atom. The lowest BCUT2D eigenvalue weighted by Crippen LogP contribution is -2.10. The van der Waals surface area contributed by atoms with Crippen LogP contribution in [0.25, 0.3) is 0 Å². The minimum absolute atomic E-state index is 0.133. The van der Waals surface area contributed by atoms with Crippen molar-refractivity contribution in [2.75, 3.05) is 5.73 Å². The first-order valence-electron chi connectivity index (χ1n) is 5.82. The second-order valence-electron chi connectivity index (χ2n) is 3.92. The van der Waals surface area contributed by atoms with E-state index in [1.54, 1.807) is 22.9 Å². The number of hydrogen-bond donors (Lipinski definition) is 1. The van der Waals surface area contributed by atoms with Gasteiger partial charge in [-0.3, -0.25) is 0 Å². The minimum atomic E-state index is -2.85. The summed E-state index contributed by atoms with van der Waals surface area (Å²) in [7, 11) is 0. The number of rotatable bonds is 5. The largest absolute Gasteiger partial charge is 0.434 e. The lowest BCUT2D eigenvalue weighted by molar-refractivity contribution is -0.0505. The first kappa shape index (κ1) is 13.3. The van der Waals surface area contributed by atoms with Crippen LogP contribution in [0, 0.1) is 0 Å². The predicted molar refractivity (Wildman–Crippen MR) is 66.0 cm³/mol. The number of nitrogens with zero attached hydrogens (tertiary/aromatic N) is 3. The van der Waals surface area contributed by atoms with Gasteiger partial charge in [0.1, 0.15) is 5.75 Å². The molecule has 1 aromatic heterocycles. The van der Waals surface area contributed by atoms with Crippen LogP contribution in [0.1, 0.15) is 18.2 Å². The molecule has 0 aliphatic carbocycles. The lowest BCUT2D eigenvalue weighted by atomic mass is 10.2. The van der Waals surface area contributed by atoms with Crippen molar-refractivity contribution in [3.63, 3.8) is 0 Å². The zero-order chi connectivity index (χ0) is 13.8. The second kappa shape index (κ2) is 5.64. The second-order valence-corrected chi connectivity index (χ2v) is 3.92. The molecular formula is C12H14F2N4O. The first-order valence-corrected chi connectivity index (χ1v) is 5.82. The zero-order valence-corrected chi connectivity index (χ0v) is 10.4. The molecule has 2 rings (SSSR count). The van der Waals surface area contributed by atoms with Gasteiger partial charge in [0.2, 0.25) is 0 Å². The van der Waals surface area contributed by atoms with E-state index in [2.05, 4.69) is 15.0 Å². The maximum absolute atomic E-state index is 12.3. The molecule has 5 nitrogen and oxygen atoms in total. The monoisotopic (exact) mass is 268 g/mol. The maximum atomic E-state index is 12.3. The Hall–Kier alpha value is -2.18. The topological polar surface area (TPSA) is 66.0 Å². The highest BCUT2D eigenvalue weighted by Gasteiger charge is 2.13. The summed E-state index contributed by atoms with van der Waals surface area (Å²) in [5.74, 6) is 0.489. The van der Waals surface area contributed by atoms with Gasteiger partial charge in [-0.15, -0.1) is 5.10 Å². The van der Waals surface area contributed by atoms with E-state index in [0.717, 1.165) is 5.69 Å². The van der Waals surface area contributed by atoms with Gasteiger partial charge >= 0.3 is 6.61 Å². The van der Waals surface area contributed by atoms with E-state index in [1.807, 2.05) is 6.92 Å². The third-order valence-electron chi connectivity index (χ3n) is 2.71. The van der Waals surface area contributed by atoms with Crippen molar-refractivity contribution < 1.29 is 13.5 Å². The van der Waals surface area contributed by atoms with Crippen molar-refractivity contribution in [1.82, 2.24) is 15.0 Å². The van der Waals surface area contributed by atoms with Crippen LogP contribution >= 0.6 is 0 Å². The molecule has 2 N–H and O–H groups in total. The number of ether oxygens (including phenoxy) is 1. The Balaban J connectivity index is 2.27. The van der Waals surface area contributed by atoms with Crippen LogP contribution in [-0.4, -0.2) is 21.6 Å². The van der Waals surface area contributed by atoms with Crippen LogP contribution in [0.2, 0.25) is 0 Å². The van der Waals surface area contributed by atoms with Crippen LogP contribution in [0.3, 0.4) is 0 Å². The highest BCUT2D eigenvalue weighted by molar-refractivity contribution is 5.36. The van der Waals surface area contributed by atoms with E-state index < -0.39 is 6.61 Å². The van der Waals surface area contributed by atoms with Crippen molar-refractivity contribution >= 4 is 5.82 Å². The third-order valence-corrected chi connectivity index (χ3v) is 2.71. The fourth-order valence-corrected chi connectivity index (χ4v) is 1.84. The Labute approximate surface area is 109 Å². The van der Waals surface area contributed by atoms with E-state index in [4.69, 9.17) is 5.73 Å². The van der Waals surface area contributed by atoms with Gasteiger partial charge in [0, 0.05) is 5.56 Å². The first-order chi connectivity index (χ1) is 9.11. The Morgan fingerprint density at radius 2 is 2.11 bits per heavy atom. The molecule has 0 unspecified atom stereocenters. The van der Waals surface area contributed by atoms with Crippen molar-refractivity contribution in [3.8, 4) is 5.75 Å². The van der Waals surface area contributed by atoms with E-state index in [0.29, 0.717) is 17.8 Å². The van der Waals surface area contributed by atoms with Gasteiger partial charge in [-0.05, 0) is 12.5 Å².